The second kappa shape index (κ2) is 10.6. The molecule has 35 heavy (non-hydrogen) atoms. The number of nitrogens with zero attached hydrogens (tertiary/aromatic N) is 3. The van der Waals surface area contributed by atoms with Gasteiger partial charge in [0.1, 0.15) is 38.1 Å². The van der Waals surface area contributed by atoms with Crippen molar-refractivity contribution in [3.05, 3.63) is 52.4 Å². The van der Waals surface area contributed by atoms with E-state index >= 15 is 0 Å². The Balaban J connectivity index is 1.53. The molecule has 0 aliphatic heterocycles. The maximum Gasteiger partial charge on any atom is 0.341 e. The molecule has 3 heterocycles. The Labute approximate surface area is 212 Å². The van der Waals surface area contributed by atoms with Gasteiger partial charge >= 0.3 is 5.97 Å². The number of benzene rings is 1. The van der Waals surface area contributed by atoms with Crippen LogP contribution in [0.5, 0.6) is 0 Å². The smallest absolute Gasteiger partial charge is 0.341 e. The van der Waals surface area contributed by atoms with E-state index < -0.39 is 5.97 Å². The molecule has 1 N–H and O–H groups in total. The lowest BCUT2D eigenvalue weighted by molar-refractivity contribution is -0.113. The molecule has 4 aromatic rings. The highest BCUT2D eigenvalue weighted by molar-refractivity contribution is 8.00. The summed E-state index contributed by atoms with van der Waals surface area (Å²) in [5, 5.41) is 3.59. The predicted octanol–water partition coefficient (Wildman–Crippen LogP) is 5.37. The van der Waals surface area contributed by atoms with Crippen LogP contribution < -0.4 is 5.32 Å². The number of ether oxygens (including phenoxy) is 1. The second-order valence-corrected chi connectivity index (χ2v) is 10.0. The molecule has 0 bridgehead atoms. The second-order valence-electron chi connectivity index (χ2n) is 7.27. The minimum absolute atomic E-state index is 0.00448. The van der Waals surface area contributed by atoms with Crippen molar-refractivity contribution in [2.24, 2.45) is 0 Å². The van der Waals surface area contributed by atoms with Crippen LogP contribution in [0.15, 0.2) is 35.6 Å². The van der Waals surface area contributed by atoms with Gasteiger partial charge < -0.3 is 10.1 Å². The lowest BCUT2D eigenvalue weighted by Gasteiger charge is -2.07. The van der Waals surface area contributed by atoms with Crippen molar-refractivity contribution in [1.82, 2.24) is 14.3 Å². The number of rotatable bonds is 8. The topological polar surface area (TPSA) is 111 Å². The molecular formula is C23H19FN4O4S3. The van der Waals surface area contributed by atoms with E-state index in [4.69, 9.17) is 4.74 Å². The molecule has 0 aliphatic rings. The fourth-order valence-electron chi connectivity index (χ4n) is 3.33. The summed E-state index contributed by atoms with van der Waals surface area (Å²) in [5.41, 5.74) is 2.63. The van der Waals surface area contributed by atoms with Crippen LogP contribution in [0.4, 0.5) is 9.39 Å². The van der Waals surface area contributed by atoms with Gasteiger partial charge in [-0.05, 0) is 62.1 Å². The van der Waals surface area contributed by atoms with E-state index in [1.54, 1.807) is 26.0 Å². The van der Waals surface area contributed by atoms with Gasteiger partial charge in [0.25, 0.3) is 0 Å². The molecule has 0 saturated carbocycles. The van der Waals surface area contributed by atoms with E-state index in [-0.39, 0.29) is 40.4 Å². The molecule has 0 unspecified atom stereocenters. The van der Waals surface area contributed by atoms with E-state index in [1.807, 2.05) is 0 Å². The van der Waals surface area contributed by atoms with Crippen molar-refractivity contribution in [2.45, 2.75) is 25.8 Å². The quantitative estimate of drug-likeness (QED) is 0.140. The minimum Gasteiger partial charge on any atom is -0.462 e. The van der Waals surface area contributed by atoms with Crippen LogP contribution in [-0.4, -0.2) is 44.4 Å². The zero-order chi connectivity index (χ0) is 25.1. The number of thiophene rings is 1. The molecular weight excluding hydrogens is 511 g/mol. The van der Waals surface area contributed by atoms with Crippen molar-refractivity contribution in [2.75, 3.05) is 17.7 Å². The molecule has 12 heteroatoms. The van der Waals surface area contributed by atoms with Crippen molar-refractivity contribution in [3.8, 4) is 11.3 Å². The number of thioether (sulfide) groups is 1. The first-order valence-corrected chi connectivity index (χ1v) is 13.0. The number of amides is 1. The number of carbonyl (C=O) groups is 3. The van der Waals surface area contributed by atoms with Gasteiger partial charge in [0, 0.05) is 5.56 Å². The number of carbonyl (C=O) groups excluding carboxylic acids is 3. The minimum atomic E-state index is -0.591. The third-order valence-corrected chi connectivity index (χ3v) is 8.15. The molecule has 0 fully saturated rings. The maximum atomic E-state index is 13.3. The molecule has 0 atom stereocenters. The van der Waals surface area contributed by atoms with Gasteiger partial charge in [0.05, 0.1) is 22.8 Å². The number of anilines is 1. The van der Waals surface area contributed by atoms with E-state index in [2.05, 4.69) is 19.7 Å². The molecule has 1 amide bonds. The van der Waals surface area contributed by atoms with Gasteiger partial charge in [-0.15, -0.1) is 11.3 Å². The Morgan fingerprint density at radius 2 is 1.91 bits per heavy atom. The summed E-state index contributed by atoms with van der Waals surface area (Å²) in [6.07, 6.45) is 1.39. The van der Waals surface area contributed by atoms with Crippen molar-refractivity contribution < 1.29 is 23.5 Å². The normalized spacial score (nSPS) is 11.0. The monoisotopic (exact) mass is 530 g/mol. The molecule has 180 valence electrons. The number of ketones is 1. The van der Waals surface area contributed by atoms with E-state index in [0.29, 0.717) is 31.4 Å². The number of fused-ring (bicyclic) bond motifs is 1. The van der Waals surface area contributed by atoms with Gasteiger partial charge in [-0.3, -0.25) is 9.59 Å². The van der Waals surface area contributed by atoms with Crippen LogP contribution in [0.3, 0.4) is 0 Å². The summed E-state index contributed by atoms with van der Waals surface area (Å²) >= 11 is 3.45. The Bertz CT molecular complexity index is 1430. The first-order chi connectivity index (χ1) is 16.8. The van der Waals surface area contributed by atoms with Crippen molar-refractivity contribution in [3.63, 3.8) is 0 Å². The van der Waals surface area contributed by atoms with Gasteiger partial charge in [0.2, 0.25) is 5.91 Å². The number of Topliss-reactive ketones (excluding diaryl/α,β-unsaturated/α-hetero) is 1. The number of hydrogen-bond donors (Lipinski definition) is 1. The summed E-state index contributed by atoms with van der Waals surface area (Å²) in [7, 11) is 0. The highest BCUT2D eigenvalue weighted by atomic mass is 32.2. The largest absolute Gasteiger partial charge is 0.462 e. The molecule has 0 saturated heterocycles. The Morgan fingerprint density at radius 1 is 1.17 bits per heavy atom. The average Bonchev–Trinajstić information content (AvgIpc) is 3.40. The van der Waals surface area contributed by atoms with Crippen LogP contribution >= 0.6 is 34.6 Å². The molecule has 0 spiro atoms. The zero-order valence-electron chi connectivity index (χ0n) is 18.9. The van der Waals surface area contributed by atoms with Crippen molar-refractivity contribution in [1.29, 1.82) is 0 Å². The Kier molecular flexibility index (Phi) is 7.53. The first kappa shape index (κ1) is 24.9. The van der Waals surface area contributed by atoms with Gasteiger partial charge in [-0.2, -0.15) is 4.37 Å². The average molecular weight is 531 g/mol. The van der Waals surface area contributed by atoms with Crippen LogP contribution in [0, 0.1) is 12.7 Å². The predicted molar refractivity (Wildman–Crippen MR) is 135 cm³/mol. The molecule has 0 radical (unpaired) electrons. The number of esters is 1. The van der Waals surface area contributed by atoms with Crippen LogP contribution in [0.1, 0.15) is 39.4 Å². The molecule has 1 aromatic carbocycles. The summed E-state index contributed by atoms with van der Waals surface area (Å²) in [6, 6.07) is 5.98. The molecule has 8 nitrogen and oxygen atoms in total. The van der Waals surface area contributed by atoms with Gasteiger partial charge in [0.15, 0.2) is 5.78 Å². The highest BCUT2D eigenvalue weighted by Crippen LogP contribution is 2.36. The number of halogens is 1. The van der Waals surface area contributed by atoms with Gasteiger partial charge in [-0.25, -0.2) is 19.2 Å². The fraction of sp³-hybridized carbons (Fsp3) is 0.217. The van der Waals surface area contributed by atoms with Crippen LogP contribution in [0.2, 0.25) is 0 Å². The number of aromatic nitrogens is 3. The Morgan fingerprint density at radius 3 is 2.60 bits per heavy atom. The standard InChI is InChI=1S/C23H19FN4O4S3/c1-4-32-23(31)16-11(2)19(12(3)29)34-21(16)27-15(30)9-33-22-20-18(25-10-26-22)17(28-35-20)13-5-7-14(24)8-6-13/h5-8,10H,4,9H2,1-3H3,(H,27,30). The third-order valence-electron chi connectivity index (χ3n) is 4.88. The van der Waals surface area contributed by atoms with Gasteiger partial charge in [-0.1, -0.05) is 11.8 Å². The molecule has 3 aromatic heterocycles. The number of hydrogen-bond acceptors (Lipinski definition) is 10. The fourth-order valence-corrected chi connectivity index (χ4v) is 6.15. The zero-order valence-corrected chi connectivity index (χ0v) is 21.3. The van der Waals surface area contributed by atoms with E-state index in [0.717, 1.165) is 16.9 Å². The lowest BCUT2D eigenvalue weighted by Crippen LogP contribution is -2.16. The third kappa shape index (κ3) is 5.24. The summed E-state index contributed by atoms with van der Waals surface area (Å²) in [5.74, 6) is -1.49. The van der Waals surface area contributed by atoms with Crippen molar-refractivity contribution >= 4 is 67.5 Å². The lowest BCUT2D eigenvalue weighted by atomic mass is 10.1. The maximum absolute atomic E-state index is 13.3. The van der Waals surface area contributed by atoms with E-state index in [1.165, 1.54) is 48.7 Å². The SMILES string of the molecule is CCOC(=O)c1c(NC(=O)CSc2ncnc3c(-c4ccc(F)cc4)nsc23)sc(C(C)=O)c1C. The molecule has 0 aliphatic carbocycles. The van der Waals surface area contributed by atoms with E-state index in [9.17, 15) is 18.8 Å². The summed E-state index contributed by atoms with van der Waals surface area (Å²) in [4.78, 5) is 46.1. The van der Waals surface area contributed by atoms with Crippen LogP contribution in [0.25, 0.3) is 21.5 Å². The number of nitrogens with one attached hydrogen (secondary N) is 1. The summed E-state index contributed by atoms with van der Waals surface area (Å²) < 4.78 is 23.5. The van der Waals surface area contributed by atoms with Crippen LogP contribution in [-0.2, 0) is 9.53 Å². The molecule has 4 rings (SSSR count). The first-order valence-electron chi connectivity index (χ1n) is 10.4. The Hall–Kier alpha value is -3.22. The highest BCUT2D eigenvalue weighted by Gasteiger charge is 2.25. The summed E-state index contributed by atoms with van der Waals surface area (Å²) in [6.45, 7) is 4.92.